The van der Waals surface area contributed by atoms with E-state index in [1.807, 2.05) is 0 Å². The monoisotopic (exact) mass is 159 g/mol. The lowest BCUT2D eigenvalue weighted by molar-refractivity contribution is 0.694. The number of aryl methyl sites for hydroxylation is 1. The highest BCUT2D eigenvalue weighted by atomic mass is 14.1. The van der Waals surface area contributed by atoms with Crippen molar-refractivity contribution in [3.8, 4) is 0 Å². The molecule has 0 N–H and O–H groups in total. The Kier molecular flexibility index (Phi) is 2.45. The first kappa shape index (κ1) is 7.85. The highest BCUT2D eigenvalue weighted by Crippen LogP contribution is 2.18. The van der Waals surface area contributed by atoms with Crippen LogP contribution in [0.25, 0.3) is 0 Å². The number of hydrogen-bond acceptors (Lipinski definition) is 0. The van der Waals surface area contributed by atoms with Gasteiger partial charge in [-0.05, 0) is 43.2 Å². The Hall–Kier alpha value is -0.780. The van der Waals surface area contributed by atoms with Crippen molar-refractivity contribution in [3.05, 3.63) is 41.8 Å². The van der Waals surface area contributed by atoms with Gasteiger partial charge in [0.15, 0.2) is 0 Å². The molecule has 0 amide bonds. The van der Waals surface area contributed by atoms with Crippen molar-refractivity contribution in [2.75, 3.05) is 0 Å². The van der Waals surface area contributed by atoms with E-state index in [1.54, 1.807) is 5.56 Å². The lowest BCUT2D eigenvalue weighted by Crippen LogP contribution is -1.99. The van der Waals surface area contributed by atoms with Crippen LogP contribution in [0.15, 0.2) is 24.3 Å². The number of fused-ring (bicyclic) bond motifs is 1. The SMILES string of the molecule is [CH]1CCCCc2ccccc2C1. The summed E-state index contributed by atoms with van der Waals surface area (Å²) in [6, 6.07) is 8.83. The van der Waals surface area contributed by atoms with E-state index in [0.717, 1.165) is 0 Å². The third-order valence-electron chi connectivity index (χ3n) is 2.59. The molecule has 1 aromatic rings. The van der Waals surface area contributed by atoms with Gasteiger partial charge in [0, 0.05) is 0 Å². The van der Waals surface area contributed by atoms with E-state index in [4.69, 9.17) is 0 Å². The molecule has 0 aliphatic heterocycles. The van der Waals surface area contributed by atoms with Crippen LogP contribution >= 0.6 is 0 Å². The fourth-order valence-corrected chi connectivity index (χ4v) is 1.86. The number of hydrogen-bond donors (Lipinski definition) is 0. The summed E-state index contributed by atoms with van der Waals surface area (Å²) in [6.07, 6.45) is 8.90. The normalized spacial score (nSPS) is 17.7. The maximum absolute atomic E-state index is 2.41. The molecule has 1 aliphatic carbocycles. The van der Waals surface area contributed by atoms with Crippen LogP contribution in [0.5, 0.6) is 0 Å². The average molecular weight is 159 g/mol. The average Bonchev–Trinajstić information content (AvgIpc) is 2.06. The molecular formula is C12H15. The predicted octanol–water partition coefficient (Wildman–Crippen LogP) is 3.16. The summed E-state index contributed by atoms with van der Waals surface area (Å²) in [5.74, 6) is 0. The molecule has 0 unspecified atom stereocenters. The molecule has 12 heavy (non-hydrogen) atoms. The minimum Gasteiger partial charge on any atom is -0.0620 e. The first-order chi connectivity index (χ1) is 5.97. The zero-order valence-electron chi connectivity index (χ0n) is 7.42. The fraction of sp³-hybridized carbons (Fsp3) is 0.417. The minimum atomic E-state index is 1.18. The van der Waals surface area contributed by atoms with E-state index >= 15 is 0 Å². The van der Waals surface area contributed by atoms with Crippen molar-refractivity contribution in [1.29, 1.82) is 0 Å². The van der Waals surface area contributed by atoms with E-state index in [2.05, 4.69) is 30.7 Å². The van der Waals surface area contributed by atoms with Crippen LogP contribution in [-0.2, 0) is 12.8 Å². The number of benzene rings is 1. The lowest BCUT2D eigenvalue weighted by atomic mass is 9.94. The molecule has 1 aliphatic rings. The maximum atomic E-state index is 2.41. The second-order valence-corrected chi connectivity index (χ2v) is 3.51. The van der Waals surface area contributed by atoms with Crippen molar-refractivity contribution < 1.29 is 0 Å². The highest BCUT2D eigenvalue weighted by Gasteiger charge is 2.04. The molecule has 0 atom stereocenters. The quantitative estimate of drug-likeness (QED) is 0.545. The molecule has 63 valence electrons. The van der Waals surface area contributed by atoms with E-state index in [9.17, 15) is 0 Å². The van der Waals surface area contributed by atoms with Gasteiger partial charge in [0.2, 0.25) is 0 Å². The van der Waals surface area contributed by atoms with E-state index in [0.29, 0.717) is 0 Å². The third-order valence-corrected chi connectivity index (χ3v) is 2.59. The van der Waals surface area contributed by atoms with Crippen LogP contribution in [-0.4, -0.2) is 0 Å². The van der Waals surface area contributed by atoms with Crippen molar-refractivity contribution in [3.63, 3.8) is 0 Å². The summed E-state index contributed by atoms with van der Waals surface area (Å²) in [4.78, 5) is 0. The van der Waals surface area contributed by atoms with Gasteiger partial charge in [0.05, 0.1) is 0 Å². The van der Waals surface area contributed by atoms with Crippen LogP contribution < -0.4 is 0 Å². The number of rotatable bonds is 0. The van der Waals surface area contributed by atoms with Gasteiger partial charge in [0.25, 0.3) is 0 Å². The summed E-state index contributed by atoms with van der Waals surface area (Å²) in [7, 11) is 0. The molecule has 0 saturated carbocycles. The van der Waals surface area contributed by atoms with E-state index in [1.165, 1.54) is 37.7 Å². The second kappa shape index (κ2) is 3.75. The molecule has 0 spiro atoms. The molecule has 1 aromatic carbocycles. The molecule has 0 nitrogen and oxygen atoms in total. The van der Waals surface area contributed by atoms with Crippen LogP contribution in [0.1, 0.15) is 30.4 Å². The van der Waals surface area contributed by atoms with Crippen LogP contribution in [0, 0.1) is 6.42 Å². The Bertz CT molecular complexity index is 223. The van der Waals surface area contributed by atoms with Gasteiger partial charge in [-0.3, -0.25) is 0 Å². The summed E-state index contributed by atoms with van der Waals surface area (Å²) in [5, 5.41) is 0. The van der Waals surface area contributed by atoms with Crippen molar-refractivity contribution in [2.45, 2.75) is 32.1 Å². The highest BCUT2D eigenvalue weighted by molar-refractivity contribution is 5.28. The predicted molar refractivity (Wildman–Crippen MR) is 52.0 cm³/mol. The Morgan fingerprint density at radius 3 is 2.67 bits per heavy atom. The first-order valence-corrected chi connectivity index (χ1v) is 4.85. The topological polar surface area (TPSA) is 0 Å². The zero-order chi connectivity index (χ0) is 8.23. The lowest BCUT2D eigenvalue weighted by Gasteiger charge is -2.12. The van der Waals surface area contributed by atoms with Crippen LogP contribution in [0.3, 0.4) is 0 Å². The molecule has 0 bridgehead atoms. The Balaban J connectivity index is 2.24. The van der Waals surface area contributed by atoms with Crippen molar-refractivity contribution in [1.82, 2.24) is 0 Å². The van der Waals surface area contributed by atoms with Crippen LogP contribution in [0.2, 0.25) is 0 Å². The molecular weight excluding hydrogens is 144 g/mol. The Morgan fingerprint density at radius 2 is 1.75 bits per heavy atom. The molecule has 0 aromatic heterocycles. The standard InChI is InChI=1S/C12H15/c1-2-4-8-12-10-6-5-9-11(12)7-3-1/h3,5-6,9-10H,1-2,4,7-8H2. The third kappa shape index (κ3) is 1.69. The van der Waals surface area contributed by atoms with Gasteiger partial charge < -0.3 is 0 Å². The van der Waals surface area contributed by atoms with Gasteiger partial charge in [-0.15, -0.1) is 0 Å². The molecule has 0 heterocycles. The molecule has 0 saturated heterocycles. The largest absolute Gasteiger partial charge is 0.0620 e. The zero-order valence-corrected chi connectivity index (χ0v) is 7.42. The minimum absolute atomic E-state index is 1.18. The summed E-state index contributed by atoms with van der Waals surface area (Å²) < 4.78 is 0. The van der Waals surface area contributed by atoms with Gasteiger partial charge in [-0.1, -0.05) is 30.7 Å². The molecule has 2 rings (SSSR count). The Morgan fingerprint density at radius 1 is 0.917 bits per heavy atom. The summed E-state index contributed by atoms with van der Waals surface area (Å²) in [6.45, 7) is 0. The van der Waals surface area contributed by atoms with Gasteiger partial charge in [-0.2, -0.15) is 0 Å². The maximum Gasteiger partial charge on any atom is -0.0245 e. The van der Waals surface area contributed by atoms with Crippen molar-refractivity contribution in [2.24, 2.45) is 0 Å². The van der Waals surface area contributed by atoms with Crippen molar-refractivity contribution >= 4 is 0 Å². The first-order valence-electron chi connectivity index (χ1n) is 4.85. The summed E-state index contributed by atoms with van der Waals surface area (Å²) in [5.41, 5.74) is 3.10. The molecule has 1 radical (unpaired) electrons. The van der Waals surface area contributed by atoms with E-state index in [-0.39, 0.29) is 0 Å². The Labute approximate surface area is 74.6 Å². The molecule has 0 fully saturated rings. The fourth-order valence-electron chi connectivity index (χ4n) is 1.86. The van der Waals surface area contributed by atoms with Gasteiger partial charge in [0.1, 0.15) is 0 Å². The van der Waals surface area contributed by atoms with Gasteiger partial charge >= 0.3 is 0 Å². The summed E-state index contributed by atoms with van der Waals surface area (Å²) >= 11 is 0. The smallest absolute Gasteiger partial charge is 0.0245 e. The second-order valence-electron chi connectivity index (χ2n) is 3.51. The molecule has 0 heteroatoms. The van der Waals surface area contributed by atoms with Crippen LogP contribution in [0.4, 0.5) is 0 Å². The van der Waals surface area contributed by atoms with Gasteiger partial charge in [-0.25, -0.2) is 0 Å². The van der Waals surface area contributed by atoms with E-state index < -0.39 is 0 Å².